The number of hydrogen-bond acceptors (Lipinski definition) is 4. The Labute approximate surface area is 130 Å². The van der Waals surface area contributed by atoms with E-state index in [1.165, 1.54) is 0 Å². The average molecular weight is 326 g/mol. The Hall–Kier alpha value is 3.48. The van der Waals surface area contributed by atoms with Gasteiger partial charge in [-0.25, -0.2) is 0 Å². The van der Waals surface area contributed by atoms with Crippen LogP contribution >= 0.6 is 0 Å². The summed E-state index contributed by atoms with van der Waals surface area (Å²) in [6.07, 6.45) is 0. The van der Waals surface area contributed by atoms with E-state index in [1.54, 1.807) is 0 Å². The van der Waals surface area contributed by atoms with Crippen LogP contribution in [0.4, 0.5) is 0 Å². The molecule has 4 nitrogen and oxygen atoms in total. The number of rotatable bonds is 0. The molecule has 0 aliphatic heterocycles. The first-order valence-electron chi connectivity index (χ1n) is 0.667. The van der Waals surface area contributed by atoms with Crippen molar-refractivity contribution in [2.24, 2.45) is 0 Å². The van der Waals surface area contributed by atoms with Crippen molar-refractivity contribution in [3.8, 4) is 0 Å². The van der Waals surface area contributed by atoms with E-state index in [9.17, 15) is 0 Å². The molecule has 0 aromatic heterocycles. The molecule has 0 aliphatic carbocycles. The standard InChI is InChI=1S/2K.4O.W/q;;;;2*-1;. The molecular formula is K2O4W-2. The second-order valence-electron chi connectivity index (χ2n) is 0.408. The van der Waals surface area contributed by atoms with Gasteiger partial charge in [-0.15, -0.1) is 0 Å². The third-order valence-corrected chi connectivity index (χ3v) is 0. The normalized spacial score (nSPS) is 8.29. The van der Waals surface area contributed by atoms with Gasteiger partial charge in [-0.2, -0.15) is 0 Å². The van der Waals surface area contributed by atoms with Crippen molar-refractivity contribution >= 4 is 103 Å². The van der Waals surface area contributed by atoms with E-state index < -0.39 is 16.7 Å². The van der Waals surface area contributed by atoms with Crippen molar-refractivity contribution in [2.75, 3.05) is 0 Å². The molecule has 0 bridgehead atoms. The molecule has 0 saturated heterocycles. The van der Waals surface area contributed by atoms with Crippen molar-refractivity contribution in [1.82, 2.24) is 0 Å². The quantitative estimate of drug-likeness (QED) is 0.435. The number of hydrogen-bond donors (Lipinski definition) is 0. The fraction of sp³-hybridized carbons (Fsp3) is 0. The summed E-state index contributed by atoms with van der Waals surface area (Å²) in [5.41, 5.74) is 0. The van der Waals surface area contributed by atoms with Crippen molar-refractivity contribution in [3.05, 3.63) is 0 Å². The van der Waals surface area contributed by atoms with Crippen LogP contribution in [0.15, 0.2) is 0 Å². The van der Waals surface area contributed by atoms with Crippen LogP contribution in [0, 0.1) is 0 Å². The zero-order valence-corrected chi connectivity index (χ0v) is 13.2. The molecular weight excluding hydrogens is 326 g/mol. The Balaban J connectivity index is -0.0000000800. The van der Waals surface area contributed by atoms with Gasteiger partial charge in [0.2, 0.25) is 0 Å². The summed E-state index contributed by atoms with van der Waals surface area (Å²) >= 11 is -6.17. The molecule has 0 aliphatic rings. The third-order valence-electron chi connectivity index (χ3n) is 0. The monoisotopic (exact) mass is 326 g/mol. The van der Waals surface area contributed by atoms with E-state index >= 15 is 0 Å². The molecule has 0 atom stereocenters. The van der Waals surface area contributed by atoms with Gasteiger partial charge in [0.1, 0.15) is 0 Å². The van der Waals surface area contributed by atoms with Gasteiger partial charge in [-0.1, -0.05) is 0 Å². The predicted molar refractivity (Wildman–Crippen MR) is 12.9 cm³/mol. The summed E-state index contributed by atoms with van der Waals surface area (Å²) in [5, 5.41) is 0. The van der Waals surface area contributed by atoms with Crippen LogP contribution in [0.2, 0.25) is 0 Å². The van der Waals surface area contributed by atoms with Crippen LogP contribution in [0.5, 0.6) is 0 Å². The van der Waals surface area contributed by atoms with E-state index in [4.69, 9.17) is 14.3 Å². The Kier molecular flexibility index (Phi) is 18.2. The molecule has 0 aromatic carbocycles. The van der Waals surface area contributed by atoms with Gasteiger partial charge in [-0.05, 0) is 0 Å². The maximum absolute atomic E-state index is 8.65. The van der Waals surface area contributed by atoms with Crippen LogP contribution in [0.1, 0.15) is 0 Å². The molecule has 0 rings (SSSR count). The second kappa shape index (κ2) is 7.59. The topological polar surface area (TPSA) is 80.3 Å². The summed E-state index contributed by atoms with van der Waals surface area (Å²) in [6.45, 7) is 0. The zero-order valence-electron chi connectivity index (χ0n) is 4.04. The van der Waals surface area contributed by atoms with Gasteiger partial charge in [0.05, 0.1) is 0 Å². The SMILES string of the molecule is [K].[K].[O]=[W](=[O])([O-])[O-]. The fourth-order valence-electron chi connectivity index (χ4n) is 0. The molecule has 2 radical (unpaired) electrons. The van der Waals surface area contributed by atoms with E-state index in [1.807, 2.05) is 0 Å². The third kappa shape index (κ3) is 43.8. The summed E-state index contributed by atoms with van der Waals surface area (Å²) in [6, 6.07) is 0. The van der Waals surface area contributed by atoms with Crippen molar-refractivity contribution < 1.29 is 31.1 Å². The molecule has 0 fully saturated rings. The Morgan fingerprint density at radius 3 is 1.00 bits per heavy atom. The van der Waals surface area contributed by atoms with Gasteiger partial charge in [0.15, 0.2) is 0 Å². The van der Waals surface area contributed by atoms with Crippen LogP contribution in [-0.4, -0.2) is 103 Å². The molecule has 34 valence electrons. The van der Waals surface area contributed by atoms with Crippen LogP contribution in [0.25, 0.3) is 0 Å². The molecule has 0 spiro atoms. The van der Waals surface area contributed by atoms with Crippen molar-refractivity contribution in [3.63, 3.8) is 0 Å². The summed E-state index contributed by atoms with van der Waals surface area (Å²) < 4.78 is 34.6. The van der Waals surface area contributed by atoms with E-state index in [2.05, 4.69) is 0 Å². The Bertz CT molecular complexity index is 92.9. The molecule has 0 saturated carbocycles. The molecule has 7 heavy (non-hydrogen) atoms. The van der Waals surface area contributed by atoms with Crippen molar-refractivity contribution in [1.29, 1.82) is 0 Å². The minimum absolute atomic E-state index is 0. The van der Waals surface area contributed by atoms with E-state index in [0.717, 1.165) is 0 Å². The van der Waals surface area contributed by atoms with Gasteiger partial charge in [-0.3, -0.25) is 0 Å². The Morgan fingerprint density at radius 2 is 1.00 bits per heavy atom. The van der Waals surface area contributed by atoms with E-state index in [0.29, 0.717) is 0 Å². The predicted octanol–water partition coefficient (Wildman–Crippen LogP) is -3.38. The molecule has 0 N–H and O–H groups in total. The average Bonchev–Trinajstić information content (AvgIpc) is 0.722. The first-order chi connectivity index (χ1) is 2.00. The molecule has 0 aromatic rings. The summed E-state index contributed by atoms with van der Waals surface area (Å²) in [5.74, 6) is 0. The molecule has 0 unspecified atom stereocenters. The molecule has 0 heterocycles. The van der Waals surface area contributed by atoms with Gasteiger partial charge in [0, 0.05) is 103 Å². The van der Waals surface area contributed by atoms with Gasteiger partial charge < -0.3 is 0 Å². The zero-order chi connectivity index (χ0) is 4.50. The molecule has 7 heteroatoms. The molecule has 0 amide bonds. The van der Waals surface area contributed by atoms with Crippen LogP contribution in [-0.2, 0) is 23.5 Å². The van der Waals surface area contributed by atoms with Gasteiger partial charge >= 0.3 is 31.1 Å². The van der Waals surface area contributed by atoms with Crippen LogP contribution in [0.3, 0.4) is 0 Å². The first-order valence-corrected chi connectivity index (χ1v) is 5.46. The first kappa shape index (κ1) is 16.8. The Morgan fingerprint density at radius 1 is 1.00 bits per heavy atom. The fourth-order valence-corrected chi connectivity index (χ4v) is 0. The maximum atomic E-state index is 8.65. The summed E-state index contributed by atoms with van der Waals surface area (Å²) in [7, 11) is 0. The van der Waals surface area contributed by atoms with Crippen molar-refractivity contribution in [2.45, 2.75) is 0 Å². The second-order valence-corrected chi connectivity index (χ2v) is 3.34. The summed E-state index contributed by atoms with van der Waals surface area (Å²) in [4.78, 5) is 0. The minimum atomic E-state index is -6.17. The van der Waals surface area contributed by atoms with Crippen LogP contribution < -0.4 is 7.52 Å². The van der Waals surface area contributed by atoms with E-state index in [-0.39, 0.29) is 103 Å². The van der Waals surface area contributed by atoms with Gasteiger partial charge in [0.25, 0.3) is 0 Å².